The third kappa shape index (κ3) is 7.86. The van der Waals surface area contributed by atoms with Gasteiger partial charge in [0.25, 0.3) is 5.91 Å². The van der Waals surface area contributed by atoms with Crippen LogP contribution < -0.4 is 10.6 Å². The maximum Gasteiger partial charge on any atom is 2.00 e. The first-order valence-electron chi connectivity index (χ1n) is 8.37. The van der Waals surface area contributed by atoms with Gasteiger partial charge in [-0.2, -0.15) is 42.0 Å². The summed E-state index contributed by atoms with van der Waals surface area (Å²) >= 11 is 0. The van der Waals surface area contributed by atoms with Gasteiger partial charge in [-0.3, -0.25) is 9.59 Å². The van der Waals surface area contributed by atoms with Crippen LogP contribution in [-0.2, 0) is 28.4 Å². The third-order valence-electron chi connectivity index (χ3n) is 3.62. The van der Waals surface area contributed by atoms with Crippen molar-refractivity contribution in [3.05, 3.63) is 95.6 Å². The molecule has 0 fully saturated rings. The molecule has 2 amide bonds. The second-order valence-corrected chi connectivity index (χ2v) is 5.83. The quantitative estimate of drug-likeness (QED) is 0.485. The van der Waals surface area contributed by atoms with E-state index in [-0.39, 0.29) is 28.5 Å². The standard InChI is InChI=1S/C16H15F2N2O2.C5H5.Fe/c1-10(15(21)19-9-11-4-2-3-5-11)20-16(22)12-6-13(17)8-14(18)7-12;1-2-4-5-3-1;/h2-8,10H,9H2,1H3,(H,19,21)(H,20,22);1-5H;/q2*-1;+2. The van der Waals surface area contributed by atoms with Crippen LogP contribution in [0.4, 0.5) is 8.78 Å². The molecule has 0 aromatic heterocycles. The Bertz CT molecular complexity index is 812. The summed E-state index contributed by atoms with van der Waals surface area (Å²) in [5, 5.41) is 5.06. The number of halogens is 2. The van der Waals surface area contributed by atoms with Crippen molar-refractivity contribution in [3.63, 3.8) is 0 Å². The van der Waals surface area contributed by atoms with E-state index >= 15 is 0 Å². The molecule has 0 aliphatic carbocycles. The normalized spacial score (nSPS) is 10.7. The van der Waals surface area contributed by atoms with Crippen molar-refractivity contribution in [3.8, 4) is 0 Å². The summed E-state index contributed by atoms with van der Waals surface area (Å²) in [6.45, 7) is 1.84. The molecule has 0 bridgehead atoms. The molecule has 0 spiro atoms. The molecule has 0 heterocycles. The fourth-order valence-corrected chi connectivity index (χ4v) is 2.23. The van der Waals surface area contributed by atoms with Gasteiger partial charge in [0.1, 0.15) is 17.7 Å². The zero-order valence-electron chi connectivity index (χ0n) is 15.1. The smallest absolute Gasteiger partial charge is 0.362 e. The molecule has 0 saturated carbocycles. The van der Waals surface area contributed by atoms with Gasteiger partial charge in [-0.25, -0.2) is 27.0 Å². The molecule has 4 nitrogen and oxygen atoms in total. The zero-order chi connectivity index (χ0) is 19.6. The Labute approximate surface area is 173 Å². The van der Waals surface area contributed by atoms with Gasteiger partial charge in [0.15, 0.2) is 0 Å². The number of rotatable bonds is 5. The maximum absolute atomic E-state index is 13.1. The fraction of sp³-hybridized carbons (Fsp3) is 0.143. The molecule has 0 aliphatic rings. The fourth-order valence-electron chi connectivity index (χ4n) is 2.23. The number of carbonyl (C=O) groups excluding carboxylic acids is 2. The summed E-state index contributed by atoms with van der Waals surface area (Å²) in [6.07, 6.45) is 0. The predicted molar refractivity (Wildman–Crippen MR) is 99.2 cm³/mol. The van der Waals surface area contributed by atoms with Gasteiger partial charge in [-0.15, -0.1) is 0 Å². The summed E-state index contributed by atoms with van der Waals surface area (Å²) in [5.74, 6) is -2.79. The van der Waals surface area contributed by atoms with E-state index in [1.807, 2.05) is 54.6 Å². The second kappa shape index (κ2) is 11.8. The molecule has 0 saturated heterocycles. The molecule has 3 aromatic carbocycles. The van der Waals surface area contributed by atoms with Crippen LogP contribution in [0, 0.1) is 11.6 Å². The Morgan fingerprint density at radius 2 is 1.68 bits per heavy atom. The SMILES string of the molecule is CC(NC(=O)c1cc(F)cc(F)c1)C(=O)NCc1cc[cH-]c1.[Fe+2].c1cc[cH-]c1. The first-order valence-corrected chi connectivity index (χ1v) is 8.37. The molecule has 28 heavy (non-hydrogen) atoms. The first kappa shape index (κ1) is 23.3. The summed E-state index contributed by atoms with van der Waals surface area (Å²) in [5.41, 5.74) is 0.771. The van der Waals surface area contributed by atoms with Gasteiger partial charge < -0.3 is 10.6 Å². The molecule has 148 valence electrons. The molecule has 1 unspecified atom stereocenters. The molecule has 0 radical (unpaired) electrons. The van der Waals surface area contributed by atoms with E-state index in [1.165, 1.54) is 6.92 Å². The minimum absolute atomic E-state index is 0. The van der Waals surface area contributed by atoms with Gasteiger partial charge in [0.05, 0.1) is 0 Å². The van der Waals surface area contributed by atoms with E-state index in [1.54, 1.807) is 0 Å². The zero-order valence-corrected chi connectivity index (χ0v) is 16.2. The van der Waals surface area contributed by atoms with E-state index in [9.17, 15) is 18.4 Å². The van der Waals surface area contributed by atoms with Crippen molar-refractivity contribution < 1.29 is 35.4 Å². The van der Waals surface area contributed by atoms with Gasteiger partial charge in [0, 0.05) is 11.6 Å². The Kier molecular flexibility index (Phi) is 9.85. The average Bonchev–Trinajstić information content (AvgIpc) is 3.34. The molecule has 3 aromatic rings. The number of benzene rings is 1. The summed E-state index contributed by atoms with van der Waals surface area (Å²) < 4.78 is 26.1. The Morgan fingerprint density at radius 3 is 2.18 bits per heavy atom. The predicted octanol–water partition coefficient (Wildman–Crippen LogP) is 3.52. The van der Waals surface area contributed by atoms with Crippen molar-refractivity contribution in [2.24, 2.45) is 0 Å². The molecule has 1 atom stereocenters. The van der Waals surface area contributed by atoms with Gasteiger partial charge in [-0.05, 0) is 25.6 Å². The third-order valence-corrected chi connectivity index (χ3v) is 3.62. The van der Waals surface area contributed by atoms with E-state index in [2.05, 4.69) is 10.6 Å². The monoisotopic (exact) mass is 426 g/mol. The molecule has 2 N–H and O–H groups in total. The van der Waals surface area contributed by atoms with Crippen molar-refractivity contribution >= 4 is 11.8 Å². The summed E-state index contributed by atoms with van der Waals surface area (Å²) in [6, 6.07) is 19.1. The Hall–Kier alpha value is -2.76. The van der Waals surface area contributed by atoms with Crippen LogP contribution in [0.3, 0.4) is 0 Å². The molecular weight excluding hydrogens is 406 g/mol. The number of hydrogen-bond donors (Lipinski definition) is 2. The number of amides is 2. The van der Waals surface area contributed by atoms with Crippen LogP contribution in [0.5, 0.6) is 0 Å². The molecule has 7 heteroatoms. The summed E-state index contributed by atoms with van der Waals surface area (Å²) in [4.78, 5) is 23.7. The van der Waals surface area contributed by atoms with Crippen LogP contribution in [0.15, 0.2) is 72.8 Å². The second-order valence-electron chi connectivity index (χ2n) is 5.83. The number of hydrogen-bond acceptors (Lipinski definition) is 2. The minimum atomic E-state index is -0.849. The van der Waals surface area contributed by atoms with E-state index < -0.39 is 23.6 Å². The van der Waals surface area contributed by atoms with Gasteiger partial charge in [-0.1, -0.05) is 0 Å². The van der Waals surface area contributed by atoms with Gasteiger partial charge in [0.2, 0.25) is 5.91 Å². The van der Waals surface area contributed by atoms with Crippen molar-refractivity contribution in [2.45, 2.75) is 19.5 Å². The van der Waals surface area contributed by atoms with E-state index in [0.717, 1.165) is 17.7 Å². The van der Waals surface area contributed by atoms with Crippen molar-refractivity contribution in [2.75, 3.05) is 0 Å². The van der Waals surface area contributed by atoms with Crippen LogP contribution >= 0.6 is 0 Å². The number of nitrogens with one attached hydrogen (secondary N) is 2. The minimum Gasteiger partial charge on any atom is -0.362 e. The van der Waals surface area contributed by atoms with E-state index in [4.69, 9.17) is 0 Å². The maximum atomic E-state index is 13.1. The van der Waals surface area contributed by atoms with Crippen LogP contribution in [0.2, 0.25) is 0 Å². The van der Waals surface area contributed by atoms with Crippen LogP contribution in [0.25, 0.3) is 0 Å². The van der Waals surface area contributed by atoms with E-state index in [0.29, 0.717) is 12.6 Å². The van der Waals surface area contributed by atoms with Crippen molar-refractivity contribution in [1.82, 2.24) is 10.6 Å². The van der Waals surface area contributed by atoms with Crippen LogP contribution in [0.1, 0.15) is 22.8 Å². The largest absolute Gasteiger partial charge is 2.00 e. The van der Waals surface area contributed by atoms with Crippen LogP contribution in [-0.4, -0.2) is 17.9 Å². The molecular formula is C21H20F2FeN2O2. The average molecular weight is 426 g/mol. The summed E-state index contributed by atoms with van der Waals surface area (Å²) in [7, 11) is 0. The topological polar surface area (TPSA) is 58.2 Å². The Balaban J connectivity index is 0.000000567. The first-order chi connectivity index (χ1) is 13.0. The molecule has 3 rings (SSSR count). The number of carbonyl (C=O) groups is 2. The molecule has 0 aliphatic heterocycles. The van der Waals surface area contributed by atoms with Gasteiger partial charge >= 0.3 is 17.1 Å². The van der Waals surface area contributed by atoms with Crippen molar-refractivity contribution in [1.29, 1.82) is 0 Å². The Morgan fingerprint density at radius 1 is 1.04 bits per heavy atom.